The molecule has 1 aromatic heterocycles. The molecular formula is C9H8ClN3O. The number of halogens is 1. The first-order chi connectivity index (χ1) is 6.77. The Kier molecular flexibility index (Phi) is 2.47. The van der Waals surface area contributed by atoms with Crippen molar-refractivity contribution < 1.29 is 5.11 Å². The van der Waals surface area contributed by atoms with Gasteiger partial charge in [-0.1, -0.05) is 23.7 Å². The molecule has 0 unspecified atom stereocenters. The number of aromatic nitrogens is 3. The molecule has 0 radical (unpaired) electrons. The normalized spacial score (nSPS) is 12.7. The second-order valence-corrected chi connectivity index (χ2v) is 3.29. The Balaban J connectivity index is 2.28. The van der Waals surface area contributed by atoms with Gasteiger partial charge in [0.25, 0.3) is 0 Å². The van der Waals surface area contributed by atoms with Crippen molar-refractivity contribution in [1.82, 2.24) is 15.4 Å². The van der Waals surface area contributed by atoms with Crippen LogP contribution in [-0.4, -0.2) is 20.5 Å². The third-order valence-corrected chi connectivity index (χ3v) is 2.15. The summed E-state index contributed by atoms with van der Waals surface area (Å²) in [5.41, 5.74) is 1.23. The molecule has 0 amide bonds. The number of aliphatic hydroxyl groups excluding tert-OH is 1. The first-order valence-electron chi connectivity index (χ1n) is 4.06. The van der Waals surface area contributed by atoms with Crippen LogP contribution in [0.5, 0.6) is 0 Å². The van der Waals surface area contributed by atoms with Crippen LogP contribution in [0.2, 0.25) is 5.02 Å². The van der Waals surface area contributed by atoms with E-state index >= 15 is 0 Å². The summed E-state index contributed by atoms with van der Waals surface area (Å²) in [6.07, 6.45) is 0.727. The molecule has 2 aromatic rings. The van der Waals surface area contributed by atoms with Crippen LogP contribution < -0.4 is 0 Å². The maximum Gasteiger partial charge on any atom is 0.124 e. The zero-order valence-electron chi connectivity index (χ0n) is 7.18. The lowest BCUT2D eigenvalue weighted by atomic mass is 10.1. The number of nitrogens with zero attached hydrogens (tertiary/aromatic N) is 2. The van der Waals surface area contributed by atoms with Gasteiger partial charge in [0.15, 0.2) is 0 Å². The van der Waals surface area contributed by atoms with Crippen molar-refractivity contribution in [3.63, 3.8) is 0 Å². The van der Waals surface area contributed by atoms with E-state index in [9.17, 15) is 5.11 Å². The highest BCUT2D eigenvalue weighted by molar-refractivity contribution is 6.30. The molecule has 0 saturated carbocycles. The van der Waals surface area contributed by atoms with Crippen LogP contribution in [0, 0.1) is 0 Å². The Labute approximate surface area is 85.5 Å². The molecule has 2 N–H and O–H groups in total. The highest BCUT2D eigenvalue weighted by Crippen LogP contribution is 2.20. The van der Waals surface area contributed by atoms with E-state index in [0.717, 1.165) is 5.56 Å². The average Bonchev–Trinajstić information content (AvgIpc) is 2.71. The molecule has 1 aromatic carbocycles. The molecule has 0 aliphatic carbocycles. The number of benzene rings is 1. The fourth-order valence-corrected chi connectivity index (χ4v) is 1.28. The number of hydrogen-bond acceptors (Lipinski definition) is 3. The van der Waals surface area contributed by atoms with Gasteiger partial charge in [0.05, 0.1) is 6.20 Å². The number of aliphatic hydroxyl groups is 1. The van der Waals surface area contributed by atoms with Gasteiger partial charge >= 0.3 is 0 Å². The minimum atomic E-state index is -0.758. The summed E-state index contributed by atoms with van der Waals surface area (Å²) >= 11 is 5.73. The number of hydrogen-bond donors (Lipinski definition) is 2. The zero-order chi connectivity index (χ0) is 9.97. The van der Waals surface area contributed by atoms with Crippen molar-refractivity contribution in [3.05, 3.63) is 46.7 Å². The summed E-state index contributed by atoms with van der Waals surface area (Å²) in [5, 5.41) is 20.3. The van der Waals surface area contributed by atoms with Crippen molar-refractivity contribution >= 4 is 11.6 Å². The molecule has 5 heteroatoms. The van der Waals surface area contributed by atoms with Crippen molar-refractivity contribution in [2.24, 2.45) is 0 Å². The molecule has 1 heterocycles. The van der Waals surface area contributed by atoms with E-state index in [1.165, 1.54) is 6.20 Å². The second kappa shape index (κ2) is 3.77. The van der Waals surface area contributed by atoms with Crippen LogP contribution in [0.1, 0.15) is 17.4 Å². The van der Waals surface area contributed by atoms with E-state index in [2.05, 4.69) is 15.4 Å². The lowest BCUT2D eigenvalue weighted by molar-refractivity contribution is 0.215. The van der Waals surface area contributed by atoms with Crippen molar-refractivity contribution in [2.45, 2.75) is 6.10 Å². The van der Waals surface area contributed by atoms with E-state index in [1.54, 1.807) is 24.3 Å². The maximum atomic E-state index is 9.81. The summed E-state index contributed by atoms with van der Waals surface area (Å²) in [6.45, 7) is 0. The fourth-order valence-electron chi connectivity index (χ4n) is 1.16. The van der Waals surface area contributed by atoms with E-state index in [0.29, 0.717) is 10.7 Å². The monoisotopic (exact) mass is 209 g/mol. The predicted molar refractivity (Wildman–Crippen MR) is 51.9 cm³/mol. The lowest BCUT2D eigenvalue weighted by Crippen LogP contribution is -1.99. The Morgan fingerprint density at radius 3 is 2.57 bits per heavy atom. The molecule has 4 nitrogen and oxygen atoms in total. The number of H-pyrrole nitrogens is 1. The van der Waals surface area contributed by atoms with Gasteiger partial charge in [0.2, 0.25) is 0 Å². The van der Waals surface area contributed by atoms with Crippen molar-refractivity contribution in [2.75, 3.05) is 0 Å². The fraction of sp³-hybridized carbons (Fsp3) is 0.111. The van der Waals surface area contributed by atoms with Crippen LogP contribution in [0.4, 0.5) is 0 Å². The summed E-state index contributed by atoms with van der Waals surface area (Å²) in [6, 6.07) is 6.95. The van der Waals surface area contributed by atoms with Crippen LogP contribution in [-0.2, 0) is 0 Å². The second-order valence-electron chi connectivity index (χ2n) is 2.85. The molecule has 0 fully saturated rings. The van der Waals surface area contributed by atoms with Gasteiger partial charge in [-0.15, -0.1) is 0 Å². The molecule has 0 spiro atoms. The molecule has 72 valence electrons. The topological polar surface area (TPSA) is 61.8 Å². The third-order valence-electron chi connectivity index (χ3n) is 1.90. The highest BCUT2D eigenvalue weighted by atomic mass is 35.5. The van der Waals surface area contributed by atoms with E-state index in [-0.39, 0.29) is 0 Å². The minimum absolute atomic E-state index is 0.493. The van der Waals surface area contributed by atoms with Crippen molar-refractivity contribution in [1.29, 1.82) is 0 Å². The van der Waals surface area contributed by atoms with Gasteiger partial charge in [0.1, 0.15) is 11.8 Å². The van der Waals surface area contributed by atoms with Crippen LogP contribution in [0.15, 0.2) is 30.5 Å². The van der Waals surface area contributed by atoms with E-state index in [1.807, 2.05) is 0 Å². The summed E-state index contributed by atoms with van der Waals surface area (Å²) in [5.74, 6) is 0. The van der Waals surface area contributed by atoms with Crippen LogP contribution >= 0.6 is 11.6 Å². The molecule has 2 rings (SSSR count). The quantitative estimate of drug-likeness (QED) is 0.789. The number of nitrogens with one attached hydrogen (secondary N) is 1. The molecule has 14 heavy (non-hydrogen) atoms. The smallest absolute Gasteiger partial charge is 0.124 e. The zero-order valence-corrected chi connectivity index (χ0v) is 7.94. The Bertz CT molecular complexity index is 399. The largest absolute Gasteiger partial charge is 0.382 e. The predicted octanol–water partition coefficient (Wildman–Crippen LogP) is 1.54. The number of rotatable bonds is 2. The summed E-state index contributed by atoms with van der Waals surface area (Å²) in [4.78, 5) is 0. The van der Waals surface area contributed by atoms with Crippen molar-refractivity contribution in [3.8, 4) is 0 Å². The van der Waals surface area contributed by atoms with Gasteiger partial charge in [-0.2, -0.15) is 15.4 Å². The van der Waals surface area contributed by atoms with Crippen LogP contribution in [0.25, 0.3) is 0 Å². The molecule has 0 aliphatic rings. The molecular weight excluding hydrogens is 202 g/mol. The Morgan fingerprint density at radius 1 is 1.29 bits per heavy atom. The Hall–Kier alpha value is -1.39. The van der Waals surface area contributed by atoms with Gasteiger partial charge in [-0.05, 0) is 17.7 Å². The average molecular weight is 210 g/mol. The summed E-state index contributed by atoms with van der Waals surface area (Å²) < 4.78 is 0. The third kappa shape index (κ3) is 1.76. The first kappa shape index (κ1) is 9.18. The minimum Gasteiger partial charge on any atom is -0.382 e. The molecule has 0 bridgehead atoms. The van der Waals surface area contributed by atoms with Gasteiger partial charge in [-0.3, -0.25) is 0 Å². The van der Waals surface area contributed by atoms with E-state index in [4.69, 9.17) is 11.6 Å². The van der Waals surface area contributed by atoms with E-state index < -0.39 is 6.10 Å². The Morgan fingerprint density at radius 2 is 2.00 bits per heavy atom. The van der Waals surface area contributed by atoms with Crippen LogP contribution in [0.3, 0.4) is 0 Å². The SMILES string of the molecule is O[C@H](c1ccc(Cl)cc1)c1cn[nH]n1. The standard InChI is InChI=1S/C9H8ClN3O/c10-7-3-1-6(2-4-7)9(14)8-5-11-13-12-8/h1-5,9,14H,(H,11,12,13)/t9-/m1/s1. The number of aromatic amines is 1. The molecule has 0 saturated heterocycles. The lowest BCUT2D eigenvalue weighted by Gasteiger charge is -2.06. The van der Waals surface area contributed by atoms with Gasteiger partial charge in [-0.25, -0.2) is 0 Å². The molecule has 1 atom stereocenters. The van der Waals surface area contributed by atoms with Gasteiger partial charge in [0, 0.05) is 5.02 Å². The maximum absolute atomic E-state index is 9.81. The highest BCUT2D eigenvalue weighted by Gasteiger charge is 2.12. The molecule has 0 aliphatic heterocycles. The van der Waals surface area contributed by atoms with Gasteiger partial charge < -0.3 is 5.11 Å². The summed E-state index contributed by atoms with van der Waals surface area (Å²) in [7, 11) is 0. The first-order valence-corrected chi connectivity index (χ1v) is 4.44.